The molecule has 33 heavy (non-hydrogen) atoms. The van der Waals surface area contributed by atoms with Crippen LogP contribution in [0.5, 0.6) is 5.75 Å². The summed E-state index contributed by atoms with van der Waals surface area (Å²) in [5.41, 5.74) is 2.72. The number of fused-ring (bicyclic) bond motifs is 1. The molecule has 5 rings (SSSR count). The van der Waals surface area contributed by atoms with Crippen LogP contribution in [0.4, 0.5) is 0 Å². The Morgan fingerprint density at radius 1 is 0.818 bits per heavy atom. The van der Waals surface area contributed by atoms with Crippen molar-refractivity contribution in [2.75, 3.05) is 33.3 Å². The molecule has 1 saturated heterocycles. The van der Waals surface area contributed by atoms with Gasteiger partial charge >= 0.3 is 0 Å². The molecule has 0 N–H and O–H groups in total. The average Bonchev–Trinajstić information content (AvgIpc) is 3.08. The maximum absolute atomic E-state index is 13.9. The van der Waals surface area contributed by atoms with Gasteiger partial charge in [-0.05, 0) is 18.6 Å². The van der Waals surface area contributed by atoms with Gasteiger partial charge < -0.3 is 4.74 Å². The number of hydrogen-bond acceptors (Lipinski definition) is 5. The van der Waals surface area contributed by atoms with E-state index >= 15 is 0 Å². The Hall–Kier alpha value is -3.28. The summed E-state index contributed by atoms with van der Waals surface area (Å²) in [5, 5.41) is 0. The Morgan fingerprint density at radius 3 is 2.09 bits per heavy atom. The third-order valence-electron chi connectivity index (χ3n) is 6.94. The number of hydrogen-bond donors (Lipinski definition) is 0. The molecule has 3 aromatic rings. The van der Waals surface area contributed by atoms with Crippen molar-refractivity contribution in [2.45, 2.75) is 19.0 Å². The molecule has 0 spiro atoms. The molecule has 2 aliphatic rings. The number of carbonyl (C=O) groups excluding carboxylic acids is 2. The van der Waals surface area contributed by atoms with E-state index in [9.17, 15) is 9.59 Å². The molecule has 0 aromatic heterocycles. The molecule has 3 aromatic carbocycles. The van der Waals surface area contributed by atoms with Crippen LogP contribution in [0.15, 0.2) is 72.8 Å². The molecule has 0 saturated carbocycles. The second-order valence-corrected chi connectivity index (χ2v) is 8.86. The molecule has 5 heteroatoms. The summed E-state index contributed by atoms with van der Waals surface area (Å²) in [7, 11) is 1.69. The Balaban J connectivity index is 1.46. The maximum Gasteiger partial charge on any atom is 0.196 e. The molecule has 1 aliphatic heterocycles. The Kier molecular flexibility index (Phi) is 5.60. The van der Waals surface area contributed by atoms with E-state index in [0.717, 1.165) is 42.1 Å². The number of aryl methyl sites for hydroxylation is 1. The highest BCUT2D eigenvalue weighted by atomic mass is 16.5. The number of Topliss-reactive ketones (excluding diaryl/α,β-unsaturated/α-hetero) is 2. The lowest BCUT2D eigenvalue weighted by atomic mass is 9.82. The fraction of sp³-hybridized carbons (Fsp3) is 0.286. The first-order valence-corrected chi connectivity index (χ1v) is 11.4. The minimum Gasteiger partial charge on any atom is -0.496 e. The highest BCUT2D eigenvalue weighted by Crippen LogP contribution is 2.43. The van der Waals surface area contributed by atoms with Gasteiger partial charge in [-0.3, -0.25) is 19.4 Å². The van der Waals surface area contributed by atoms with Crippen molar-refractivity contribution in [3.8, 4) is 5.75 Å². The molecule has 168 valence electrons. The summed E-state index contributed by atoms with van der Waals surface area (Å²) < 4.78 is 5.51. The smallest absolute Gasteiger partial charge is 0.196 e. The van der Waals surface area contributed by atoms with Crippen molar-refractivity contribution in [3.63, 3.8) is 0 Å². The second kappa shape index (κ2) is 8.58. The van der Waals surface area contributed by atoms with Gasteiger partial charge in [-0.1, -0.05) is 72.3 Å². The van der Waals surface area contributed by atoms with Crippen LogP contribution in [0.3, 0.4) is 0 Å². The van der Waals surface area contributed by atoms with Gasteiger partial charge in [0.2, 0.25) is 0 Å². The quantitative estimate of drug-likeness (QED) is 0.559. The van der Waals surface area contributed by atoms with Gasteiger partial charge in [0.1, 0.15) is 5.75 Å². The zero-order valence-electron chi connectivity index (χ0n) is 19.1. The van der Waals surface area contributed by atoms with Crippen LogP contribution in [0.1, 0.15) is 37.4 Å². The number of nitrogens with zero attached hydrogens (tertiary/aromatic N) is 2. The number of rotatable bonds is 5. The molecule has 1 fully saturated rings. The predicted octanol–water partition coefficient (Wildman–Crippen LogP) is 4.10. The van der Waals surface area contributed by atoms with Gasteiger partial charge in [0.25, 0.3) is 0 Å². The van der Waals surface area contributed by atoms with Crippen molar-refractivity contribution in [2.24, 2.45) is 0 Å². The lowest BCUT2D eigenvalue weighted by Gasteiger charge is -2.44. The third kappa shape index (κ3) is 3.48. The number of carbonyl (C=O) groups is 2. The predicted molar refractivity (Wildman–Crippen MR) is 128 cm³/mol. The molecular weight excluding hydrogens is 412 g/mol. The highest BCUT2D eigenvalue weighted by molar-refractivity contribution is 6.32. The van der Waals surface area contributed by atoms with Gasteiger partial charge in [0.05, 0.1) is 7.11 Å². The summed E-state index contributed by atoms with van der Waals surface area (Å²) in [5.74, 6) is 0.673. The van der Waals surface area contributed by atoms with E-state index in [2.05, 4.69) is 15.9 Å². The van der Waals surface area contributed by atoms with Gasteiger partial charge in [0, 0.05) is 49.4 Å². The molecule has 0 atom stereocenters. The van der Waals surface area contributed by atoms with E-state index < -0.39 is 5.54 Å². The van der Waals surface area contributed by atoms with Crippen molar-refractivity contribution in [1.29, 1.82) is 0 Å². The SMILES string of the molecule is COc1ccccc1CN1CCN(C2(c3cccc(C)c3)C(=O)c3ccccc3C2=O)CC1. The molecule has 0 amide bonds. The summed E-state index contributed by atoms with van der Waals surface area (Å²) in [6, 6.07) is 23.1. The molecule has 0 unspecified atom stereocenters. The van der Waals surface area contributed by atoms with Gasteiger partial charge in [-0.2, -0.15) is 0 Å². The maximum atomic E-state index is 13.9. The highest BCUT2D eigenvalue weighted by Gasteiger charge is 2.58. The average molecular weight is 441 g/mol. The van der Waals surface area contributed by atoms with Crippen LogP contribution in [0.25, 0.3) is 0 Å². The fourth-order valence-corrected chi connectivity index (χ4v) is 5.29. The van der Waals surface area contributed by atoms with Crippen LogP contribution in [0, 0.1) is 6.92 Å². The third-order valence-corrected chi connectivity index (χ3v) is 6.94. The number of ether oxygens (including phenoxy) is 1. The normalized spacial score (nSPS) is 18.4. The Bertz CT molecular complexity index is 1180. The zero-order chi connectivity index (χ0) is 23.0. The monoisotopic (exact) mass is 440 g/mol. The topological polar surface area (TPSA) is 49.9 Å². The number of benzene rings is 3. The van der Waals surface area contributed by atoms with E-state index in [1.807, 2.05) is 61.5 Å². The summed E-state index contributed by atoms with van der Waals surface area (Å²) in [6.45, 7) is 5.57. The molecular formula is C28H28N2O3. The molecule has 0 radical (unpaired) electrons. The van der Waals surface area contributed by atoms with E-state index in [0.29, 0.717) is 24.2 Å². The molecule has 1 aliphatic carbocycles. The van der Waals surface area contributed by atoms with Crippen molar-refractivity contribution in [3.05, 3.63) is 101 Å². The van der Waals surface area contributed by atoms with Crippen LogP contribution in [-0.2, 0) is 12.1 Å². The largest absolute Gasteiger partial charge is 0.496 e. The van der Waals surface area contributed by atoms with Gasteiger partial charge in [-0.15, -0.1) is 0 Å². The fourth-order valence-electron chi connectivity index (χ4n) is 5.29. The number of methoxy groups -OCH3 is 1. The van der Waals surface area contributed by atoms with Crippen molar-refractivity contribution >= 4 is 11.6 Å². The van der Waals surface area contributed by atoms with E-state index in [1.54, 1.807) is 19.2 Å². The van der Waals surface area contributed by atoms with Crippen LogP contribution in [0.2, 0.25) is 0 Å². The molecule has 0 bridgehead atoms. The zero-order valence-corrected chi connectivity index (χ0v) is 19.1. The van der Waals surface area contributed by atoms with Crippen LogP contribution in [-0.4, -0.2) is 54.7 Å². The molecule has 5 nitrogen and oxygen atoms in total. The first kappa shape index (κ1) is 21.6. The summed E-state index contributed by atoms with van der Waals surface area (Å²) in [6.07, 6.45) is 0. The number of piperazine rings is 1. The molecule has 1 heterocycles. The van der Waals surface area contributed by atoms with E-state index in [-0.39, 0.29) is 11.6 Å². The van der Waals surface area contributed by atoms with Crippen LogP contribution < -0.4 is 4.74 Å². The van der Waals surface area contributed by atoms with Crippen molar-refractivity contribution < 1.29 is 14.3 Å². The first-order valence-electron chi connectivity index (χ1n) is 11.4. The standard InChI is InChI=1S/C28H28N2O3/c1-20-8-7-10-22(18-20)28(26(31)23-11-4-5-12-24(23)27(28)32)30-16-14-29(15-17-30)19-21-9-3-6-13-25(21)33-2/h3-13,18H,14-17,19H2,1-2H3. The lowest BCUT2D eigenvalue weighted by molar-refractivity contribution is 0.0278. The number of ketones is 2. The van der Waals surface area contributed by atoms with Gasteiger partial charge in [0.15, 0.2) is 17.1 Å². The second-order valence-electron chi connectivity index (χ2n) is 8.86. The minimum atomic E-state index is -1.29. The first-order chi connectivity index (χ1) is 16.1. The minimum absolute atomic E-state index is 0.105. The van der Waals surface area contributed by atoms with Gasteiger partial charge in [-0.25, -0.2) is 0 Å². The van der Waals surface area contributed by atoms with E-state index in [1.165, 1.54) is 0 Å². The Morgan fingerprint density at radius 2 is 1.45 bits per heavy atom. The number of para-hydroxylation sites is 1. The van der Waals surface area contributed by atoms with Crippen molar-refractivity contribution in [1.82, 2.24) is 9.80 Å². The van der Waals surface area contributed by atoms with Crippen LogP contribution >= 0.6 is 0 Å². The lowest BCUT2D eigenvalue weighted by Crippen LogP contribution is -2.60. The Labute approximate surface area is 194 Å². The summed E-state index contributed by atoms with van der Waals surface area (Å²) >= 11 is 0. The van der Waals surface area contributed by atoms with E-state index in [4.69, 9.17) is 4.74 Å². The summed E-state index contributed by atoms with van der Waals surface area (Å²) in [4.78, 5) is 32.3.